The van der Waals surface area contributed by atoms with E-state index >= 15 is 0 Å². The number of benzene rings is 1. The number of rotatable bonds is 7. The number of nitrogens with one attached hydrogen (secondary N) is 1. The first kappa shape index (κ1) is 19.7. The lowest BCUT2D eigenvalue weighted by Crippen LogP contribution is -2.23. The molecule has 0 aliphatic heterocycles. The predicted octanol–water partition coefficient (Wildman–Crippen LogP) is 1.00. The van der Waals surface area contributed by atoms with E-state index in [0.717, 1.165) is 4.31 Å². The van der Waals surface area contributed by atoms with E-state index in [1.54, 1.807) is 6.92 Å². The fourth-order valence-corrected chi connectivity index (χ4v) is 2.75. The van der Waals surface area contributed by atoms with Crippen molar-refractivity contribution in [2.75, 3.05) is 33.1 Å². The van der Waals surface area contributed by atoms with Crippen LogP contribution in [0.3, 0.4) is 0 Å². The van der Waals surface area contributed by atoms with Crippen LogP contribution in [0.1, 0.15) is 6.92 Å². The van der Waals surface area contributed by atoms with Gasteiger partial charge in [0.05, 0.1) is 7.11 Å². The molecule has 132 valence electrons. The first-order chi connectivity index (χ1) is 11.2. The molecule has 24 heavy (non-hydrogen) atoms. The highest BCUT2D eigenvalue weighted by Crippen LogP contribution is 2.28. The molecule has 0 radical (unpaired) electrons. The highest BCUT2D eigenvalue weighted by molar-refractivity contribution is 7.89. The van der Waals surface area contributed by atoms with Crippen LogP contribution in [0.5, 0.6) is 5.75 Å². The minimum Gasteiger partial charge on any atom is -0.495 e. The second-order valence-corrected chi connectivity index (χ2v) is 6.93. The van der Waals surface area contributed by atoms with Crippen LogP contribution >= 0.6 is 0 Å². The average molecular weight is 356 g/mol. The van der Waals surface area contributed by atoms with Crippen LogP contribution in [0.2, 0.25) is 0 Å². The first-order valence-corrected chi connectivity index (χ1v) is 8.36. The fraction of sp³-hybridized carbons (Fsp3) is 0.333. The van der Waals surface area contributed by atoms with Crippen LogP contribution in [-0.4, -0.2) is 52.4 Å². The van der Waals surface area contributed by atoms with Crippen molar-refractivity contribution >= 4 is 27.6 Å². The van der Waals surface area contributed by atoms with Gasteiger partial charge in [0.2, 0.25) is 10.0 Å². The summed E-state index contributed by atoms with van der Waals surface area (Å²) >= 11 is 0. The van der Waals surface area contributed by atoms with Gasteiger partial charge in [-0.3, -0.25) is 4.79 Å². The van der Waals surface area contributed by atoms with Gasteiger partial charge in [-0.1, -0.05) is 6.08 Å². The molecule has 8 nitrogen and oxygen atoms in total. The molecule has 1 rings (SSSR count). The van der Waals surface area contributed by atoms with Gasteiger partial charge in [0.1, 0.15) is 10.6 Å². The van der Waals surface area contributed by atoms with Crippen molar-refractivity contribution in [1.82, 2.24) is 4.31 Å². The highest BCUT2D eigenvalue weighted by atomic mass is 32.2. The van der Waals surface area contributed by atoms with Gasteiger partial charge in [0.15, 0.2) is 6.61 Å². The Hall–Kier alpha value is -2.39. The zero-order valence-electron chi connectivity index (χ0n) is 13.9. The van der Waals surface area contributed by atoms with Crippen molar-refractivity contribution in [2.45, 2.75) is 11.8 Å². The number of methoxy groups -OCH3 is 1. The molecule has 9 heteroatoms. The molecule has 0 aliphatic rings. The maximum absolute atomic E-state index is 12.3. The zero-order chi connectivity index (χ0) is 18.3. The lowest BCUT2D eigenvalue weighted by Gasteiger charge is -2.15. The highest BCUT2D eigenvalue weighted by Gasteiger charge is 2.23. The third-order valence-corrected chi connectivity index (χ3v) is 4.69. The van der Waals surface area contributed by atoms with Gasteiger partial charge in [-0.25, -0.2) is 17.5 Å². The Morgan fingerprint density at radius 2 is 1.96 bits per heavy atom. The van der Waals surface area contributed by atoms with Crippen molar-refractivity contribution in [3.05, 3.63) is 30.4 Å². The zero-order valence-corrected chi connectivity index (χ0v) is 14.7. The molecule has 1 aromatic carbocycles. The van der Waals surface area contributed by atoms with Gasteiger partial charge in [-0.15, -0.1) is 0 Å². The van der Waals surface area contributed by atoms with Crippen LogP contribution in [-0.2, 0) is 24.3 Å². The minimum absolute atomic E-state index is 0.0845. The second kappa shape index (κ2) is 8.46. The van der Waals surface area contributed by atoms with Crippen molar-refractivity contribution in [3.8, 4) is 5.75 Å². The molecule has 0 bridgehead atoms. The van der Waals surface area contributed by atoms with E-state index in [1.165, 1.54) is 51.6 Å². The summed E-state index contributed by atoms with van der Waals surface area (Å²) in [6.45, 7) is 1.16. The molecule has 0 atom stereocenters. The van der Waals surface area contributed by atoms with Crippen LogP contribution in [0, 0.1) is 0 Å². The molecule has 0 spiro atoms. The lowest BCUT2D eigenvalue weighted by atomic mass is 10.3. The number of anilines is 1. The fourth-order valence-electron chi connectivity index (χ4n) is 1.67. The summed E-state index contributed by atoms with van der Waals surface area (Å²) in [6.07, 6.45) is 2.67. The molecule has 0 unspecified atom stereocenters. The van der Waals surface area contributed by atoms with Crippen molar-refractivity contribution < 1.29 is 27.5 Å². The Balaban J connectivity index is 2.95. The molecular weight excluding hydrogens is 336 g/mol. The van der Waals surface area contributed by atoms with Gasteiger partial charge < -0.3 is 14.8 Å². The van der Waals surface area contributed by atoms with Gasteiger partial charge in [-0.2, -0.15) is 0 Å². The largest absolute Gasteiger partial charge is 0.495 e. The number of amides is 1. The SMILES string of the molecule is C/C=C/C(=O)OCC(=O)Nc1ccc(OC)c(S(=O)(=O)N(C)C)c1. The molecule has 1 aromatic rings. The second-order valence-electron chi connectivity index (χ2n) is 4.81. The van der Waals surface area contributed by atoms with Crippen molar-refractivity contribution in [3.63, 3.8) is 0 Å². The van der Waals surface area contributed by atoms with E-state index in [-0.39, 0.29) is 16.3 Å². The maximum Gasteiger partial charge on any atom is 0.330 e. The molecule has 0 fully saturated rings. The average Bonchev–Trinajstić information content (AvgIpc) is 2.53. The molecule has 0 aliphatic carbocycles. The number of esters is 1. The summed E-state index contributed by atoms with van der Waals surface area (Å²) in [6, 6.07) is 4.19. The van der Waals surface area contributed by atoms with Gasteiger partial charge in [0.25, 0.3) is 5.91 Å². The minimum atomic E-state index is -3.75. The predicted molar refractivity (Wildman–Crippen MR) is 88.3 cm³/mol. The molecule has 1 N–H and O–H groups in total. The van der Waals surface area contributed by atoms with E-state index in [4.69, 9.17) is 9.47 Å². The topological polar surface area (TPSA) is 102 Å². The third kappa shape index (κ3) is 5.07. The molecule has 0 heterocycles. The number of hydrogen-bond acceptors (Lipinski definition) is 6. The molecular formula is C15H20N2O6S. The van der Waals surface area contributed by atoms with Crippen LogP contribution in [0.4, 0.5) is 5.69 Å². The number of ether oxygens (including phenoxy) is 2. The first-order valence-electron chi connectivity index (χ1n) is 6.92. The Kier molecular flexibility index (Phi) is 6.93. The van der Waals surface area contributed by atoms with Gasteiger partial charge >= 0.3 is 5.97 Å². The Morgan fingerprint density at radius 3 is 2.50 bits per heavy atom. The Morgan fingerprint density at radius 1 is 1.29 bits per heavy atom. The molecule has 0 saturated carbocycles. The van der Waals surface area contributed by atoms with E-state index < -0.39 is 28.5 Å². The van der Waals surface area contributed by atoms with E-state index in [1.807, 2.05) is 0 Å². The standard InChI is InChI=1S/C15H20N2O6S/c1-5-6-15(19)23-10-14(18)16-11-7-8-12(22-4)13(9-11)24(20,21)17(2)3/h5-9H,10H2,1-4H3,(H,16,18)/b6-5+. The van der Waals surface area contributed by atoms with E-state index in [2.05, 4.69) is 5.32 Å². The molecule has 0 aromatic heterocycles. The number of allylic oxidation sites excluding steroid dienone is 1. The van der Waals surface area contributed by atoms with Crippen LogP contribution in [0.25, 0.3) is 0 Å². The van der Waals surface area contributed by atoms with Gasteiger partial charge in [-0.05, 0) is 25.1 Å². The number of carbonyl (C=O) groups is 2. The normalized spacial score (nSPS) is 11.5. The van der Waals surface area contributed by atoms with Crippen LogP contribution in [0.15, 0.2) is 35.2 Å². The van der Waals surface area contributed by atoms with E-state index in [0.29, 0.717) is 0 Å². The monoisotopic (exact) mass is 356 g/mol. The van der Waals surface area contributed by atoms with E-state index in [9.17, 15) is 18.0 Å². The summed E-state index contributed by atoms with van der Waals surface area (Å²) < 4.78 is 35.4. The number of sulfonamides is 1. The molecule has 1 amide bonds. The molecule has 0 saturated heterocycles. The maximum atomic E-state index is 12.3. The van der Waals surface area contributed by atoms with Crippen molar-refractivity contribution in [1.29, 1.82) is 0 Å². The number of carbonyl (C=O) groups excluding carboxylic acids is 2. The Bertz CT molecular complexity index is 740. The van der Waals surface area contributed by atoms with Crippen molar-refractivity contribution in [2.24, 2.45) is 0 Å². The quantitative estimate of drug-likeness (QED) is 0.578. The Labute approximate surface area is 141 Å². The third-order valence-electron chi connectivity index (χ3n) is 2.85. The number of nitrogens with zero attached hydrogens (tertiary/aromatic N) is 1. The smallest absolute Gasteiger partial charge is 0.330 e. The summed E-state index contributed by atoms with van der Waals surface area (Å²) in [5, 5.41) is 2.46. The summed E-state index contributed by atoms with van der Waals surface area (Å²) in [4.78, 5) is 22.8. The summed E-state index contributed by atoms with van der Waals surface area (Å²) in [5.41, 5.74) is 0.239. The van der Waals surface area contributed by atoms with Gasteiger partial charge in [0, 0.05) is 25.9 Å². The lowest BCUT2D eigenvalue weighted by molar-refractivity contribution is -0.142. The van der Waals surface area contributed by atoms with Crippen LogP contribution < -0.4 is 10.1 Å². The summed E-state index contributed by atoms with van der Waals surface area (Å²) in [5.74, 6) is -1.08. The summed E-state index contributed by atoms with van der Waals surface area (Å²) in [7, 11) is 0.381. The number of hydrogen-bond donors (Lipinski definition) is 1.